The maximum absolute atomic E-state index is 6.26. The van der Waals surface area contributed by atoms with Crippen LogP contribution in [0.2, 0.25) is 5.02 Å². The summed E-state index contributed by atoms with van der Waals surface area (Å²) in [5, 5.41) is 0.877. The first-order valence-corrected chi connectivity index (χ1v) is 8.02. The number of halogens is 1. The van der Waals surface area contributed by atoms with E-state index >= 15 is 0 Å². The Balaban J connectivity index is 1.74. The van der Waals surface area contributed by atoms with Crippen LogP contribution in [0.1, 0.15) is 36.8 Å². The zero-order valence-electron chi connectivity index (χ0n) is 11.0. The van der Waals surface area contributed by atoms with Crippen molar-refractivity contribution in [3.63, 3.8) is 0 Å². The zero-order chi connectivity index (χ0) is 13.2. The van der Waals surface area contributed by atoms with Crippen molar-refractivity contribution in [2.75, 3.05) is 0 Å². The summed E-state index contributed by atoms with van der Waals surface area (Å²) in [5.41, 5.74) is 2.71. The molecule has 0 aliphatic heterocycles. The zero-order valence-corrected chi connectivity index (χ0v) is 12.6. The Morgan fingerprint density at radius 1 is 1.05 bits per heavy atom. The van der Waals surface area contributed by atoms with Gasteiger partial charge in [0.15, 0.2) is 0 Å². The first kappa shape index (κ1) is 13.1. The number of hydrogen-bond acceptors (Lipinski definition) is 1. The summed E-state index contributed by atoms with van der Waals surface area (Å²) < 4.78 is 0. The van der Waals surface area contributed by atoms with Crippen molar-refractivity contribution < 1.29 is 0 Å². The van der Waals surface area contributed by atoms with Gasteiger partial charge in [0.05, 0.1) is 0 Å². The molecule has 2 aromatic rings. The summed E-state index contributed by atoms with van der Waals surface area (Å²) in [4.78, 5) is 2.49. The summed E-state index contributed by atoms with van der Waals surface area (Å²) in [7, 11) is 0. The number of rotatable bonds is 4. The highest BCUT2D eigenvalue weighted by Gasteiger charge is 2.22. The molecule has 0 N–H and O–H groups in total. The van der Waals surface area contributed by atoms with Gasteiger partial charge >= 0.3 is 0 Å². The van der Waals surface area contributed by atoms with Gasteiger partial charge in [-0.2, -0.15) is 0 Å². The van der Waals surface area contributed by atoms with E-state index in [4.69, 9.17) is 11.6 Å². The quantitative estimate of drug-likeness (QED) is 0.672. The van der Waals surface area contributed by atoms with Gasteiger partial charge in [0, 0.05) is 14.8 Å². The predicted molar refractivity (Wildman–Crippen MR) is 83.4 cm³/mol. The second-order valence-electron chi connectivity index (χ2n) is 5.05. The van der Waals surface area contributed by atoms with Crippen molar-refractivity contribution in [3.05, 3.63) is 58.6 Å². The summed E-state index contributed by atoms with van der Waals surface area (Å²) in [6, 6.07) is 15.3. The van der Waals surface area contributed by atoms with Gasteiger partial charge in [-0.1, -0.05) is 48.5 Å². The van der Waals surface area contributed by atoms with Gasteiger partial charge in [-0.3, -0.25) is 0 Å². The Bertz CT molecular complexity index is 570. The second-order valence-corrected chi connectivity index (χ2v) is 6.61. The smallest absolute Gasteiger partial charge is 0.0449 e. The molecule has 1 saturated carbocycles. The molecule has 1 aliphatic rings. The van der Waals surface area contributed by atoms with Crippen molar-refractivity contribution in [3.8, 4) is 0 Å². The van der Waals surface area contributed by atoms with Gasteiger partial charge in [-0.25, -0.2) is 0 Å². The first-order chi connectivity index (χ1) is 9.26. The summed E-state index contributed by atoms with van der Waals surface area (Å²) in [5.74, 6) is 0.831. The van der Waals surface area contributed by atoms with Gasteiger partial charge in [0.25, 0.3) is 0 Å². The van der Waals surface area contributed by atoms with Crippen LogP contribution in [0.4, 0.5) is 0 Å². The minimum absolute atomic E-state index is 0.831. The van der Waals surface area contributed by atoms with Crippen LogP contribution in [0.3, 0.4) is 0 Å². The van der Waals surface area contributed by atoms with Crippen molar-refractivity contribution in [1.82, 2.24) is 0 Å². The Morgan fingerprint density at radius 2 is 1.74 bits per heavy atom. The van der Waals surface area contributed by atoms with Gasteiger partial charge in [-0.05, 0) is 60.6 Å². The monoisotopic (exact) mass is 288 g/mol. The molecule has 1 aliphatic carbocycles. The molecule has 0 radical (unpaired) electrons. The van der Waals surface area contributed by atoms with Crippen LogP contribution >= 0.6 is 23.4 Å². The third-order valence-corrected chi connectivity index (χ3v) is 4.92. The second kappa shape index (κ2) is 5.60. The molecule has 0 unspecified atom stereocenters. The van der Waals surface area contributed by atoms with Crippen molar-refractivity contribution in [2.45, 2.75) is 41.9 Å². The standard InChI is InChI=1S/C17H17ClS/c1-2-12-5-10-16(11-17(12)18)19-15-8-6-14(7-9-15)13-3-4-13/h5-11,13H,2-4H2,1H3. The average Bonchev–Trinajstić information content (AvgIpc) is 3.24. The van der Waals surface area contributed by atoms with Gasteiger partial charge in [0.1, 0.15) is 0 Å². The van der Waals surface area contributed by atoms with E-state index in [0.29, 0.717) is 0 Å². The minimum Gasteiger partial charge on any atom is -0.0901 e. The van der Waals surface area contributed by atoms with Crippen LogP contribution in [-0.2, 0) is 6.42 Å². The fourth-order valence-corrected chi connectivity index (χ4v) is 3.48. The molecule has 1 fully saturated rings. The molecular weight excluding hydrogens is 272 g/mol. The topological polar surface area (TPSA) is 0 Å². The lowest BCUT2D eigenvalue weighted by molar-refractivity contribution is 1.12. The molecule has 0 atom stereocenters. The lowest BCUT2D eigenvalue weighted by Crippen LogP contribution is -1.83. The molecular formula is C17H17ClS. The van der Waals surface area contributed by atoms with E-state index < -0.39 is 0 Å². The highest BCUT2D eigenvalue weighted by Crippen LogP contribution is 2.41. The Morgan fingerprint density at radius 3 is 2.32 bits per heavy atom. The Hall–Kier alpha value is -0.920. The lowest BCUT2D eigenvalue weighted by atomic mass is 10.1. The first-order valence-electron chi connectivity index (χ1n) is 6.82. The summed E-state index contributed by atoms with van der Waals surface area (Å²) >= 11 is 8.03. The van der Waals surface area contributed by atoms with Crippen LogP contribution in [0.25, 0.3) is 0 Å². The number of aryl methyl sites for hydroxylation is 1. The predicted octanol–water partition coefficient (Wildman–Crippen LogP) is 5.93. The van der Waals surface area contributed by atoms with Crippen molar-refractivity contribution in [1.29, 1.82) is 0 Å². The lowest BCUT2D eigenvalue weighted by Gasteiger charge is -2.06. The highest BCUT2D eigenvalue weighted by molar-refractivity contribution is 7.99. The highest BCUT2D eigenvalue weighted by atomic mass is 35.5. The van der Waals surface area contributed by atoms with E-state index in [2.05, 4.69) is 49.4 Å². The molecule has 0 amide bonds. The van der Waals surface area contributed by atoms with Gasteiger partial charge in [0.2, 0.25) is 0 Å². The van der Waals surface area contributed by atoms with E-state index in [-0.39, 0.29) is 0 Å². The van der Waals surface area contributed by atoms with Crippen LogP contribution in [0.15, 0.2) is 52.3 Å². The molecule has 2 aromatic carbocycles. The van der Waals surface area contributed by atoms with E-state index in [1.165, 1.54) is 33.8 Å². The SMILES string of the molecule is CCc1ccc(Sc2ccc(C3CC3)cc2)cc1Cl. The Kier molecular flexibility index (Phi) is 3.86. The summed E-state index contributed by atoms with van der Waals surface area (Å²) in [6.45, 7) is 2.13. The van der Waals surface area contributed by atoms with E-state index in [0.717, 1.165) is 17.4 Å². The van der Waals surface area contributed by atoms with E-state index in [1.807, 2.05) is 0 Å². The van der Waals surface area contributed by atoms with Crippen LogP contribution in [0.5, 0.6) is 0 Å². The third-order valence-electron chi connectivity index (χ3n) is 3.57. The van der Waals surface area contributed by atoms with E-state index in [9.17, 15) is 0 Å². The molecule has 3 rings (SSSR count). The molecule has 19 heavy (non-hydrogen) atoms. The summed E-state index contributed by atoms with van der Waals surface area (Å²) in [6.07, 6.45) is 3.71. The fraction of sp³-hybridized carbons (Fsp3) is 0.294. The van der Waals surface area contributed by atoms with Crippen molar-refractivity contribution >= 4 is 23.4 Å². The van der Waals surface area contributed by atoms with E-state index in [1.54, 1.807) is 11.8 Å². The molecule has 0 heterocycles. The third kappa shape index (κ3) is 3.16. The minimum atomic E-state index is 0.831. The van der Waals surface area contributed by atoms with Gasteiger partial charge in [-0.15, -0.1) is 0 Å². The molecule has 98 valence electrons. The maximum atomic E-state index is 6.26. The Labute approximate surface area is 124 Å². The van der Waals surface area contributed by atoms with Crippen LogP contribution in [0, 0.1) is 0 Å². The van der Waals surface area contributed by atoms with Crippen molar-refractivity contribution in [2.24, 2.45) is 0 Å². The normalized spacial score (nSPS) is 14.6. The molecule has 0 aromatic heterocycles. The molecule has 0 spiro atoms. The number of hydrogen-bond donors (Lipinski definition) is 0. The fourth-order valence-electron chi connectivity index (χ4n) is 2.24. The molecule has 0 bridgehead atoms. The molecule has 2 heteroatoms. The largest absolute Gasteiger partial charge is 0.0901 e. The van der Waals surface area contributed by atoms with Crippen LogP contribution in [-0.4, -0.2) is 0 Å². The van der Waals surface area contributed by atoms with Crippen LogP contribution < -0.4 is 0 Å². The maximum Gasteiger partial charge on any atom is 0.0449 e. The molecule has 0 nitrogen and oxygen atoms in total. The average molecular weight is 289 g/mol. The molecule has 0 saturated heterocycles. The number of benzene rings is 2. The van der Waals surface area contributed by atoms with Gasteiger partial charge < -0.3 is 0 Å².